The molecule has 0 aliphatic carbocycles. The molecule has 1 aromatic rings. The smallest absolute Gasteiger partial charge is 0.325 e. The minimum Gasteiger partial charge on any atom is -0.446 e. The van der Waals surface area contributed by atoms with Crippen molar-refractivity contribution in [1.29, 1.82) is 5.26 Å². The van der Waals surface area contributed by atoms with Gasteiger partial charge in [-0.25, -0.2) is 8.42 Å². The Labute approximate surface area is 135 Å². The molecule has 6 nitrogen and oxygen atoms in total. The number of hydrogen-bond donors (Lipinski definition) is 1. The predicted octanol–water partition coefficient (Wildman–Crippen LogP) is 2.10. The molecule has 0 saturated carbocycles. The normalized spacial score (nSPS) is 14.2. The Morgan fingerprint density at radius 2 is 2.00 bits per heavy atom. The molecule has 0 fully saturated rings. The van der Waals surface area contributed by atoms with E-state index in [9.17, 15) is 13.2 Å². The molecule has 0 heterocycles. The van der Waals surface area contributed by atoms with E-state index in [0.717, 1.165) is 0 Å². The van der Waals surface area contributed by atoms with Crippen molar-refractivity contribution in [2.45, 2.75) is 37.8 Å². The lowest BCUT2D eigenvalue weighted by Crippen LogP contribution is -2.45. The number of nitrogens with zero attached hydrogens (tertiary/aromatic N) is 1. The zero-order chi connectivity index (χ0) is 16.9. The third-order valence-corrected chi connectivity index (χ3v) is 4.46. The van der Waals surface area contributed by atoms with Crippen LogP contribution in [0.15, 0.2) is 29.2 Å². The van der Waals surface area contributed by atoms with E-state index in [0.29, 0.717) is 0 Å². The van der Waals surface area contributed by atoms with Crippen molar-refractivity contribution in [3.05, 3.63) is 29.3 Å². The summed E-state index contributed by atoms with van der Waals surface area (Å²) >= 11 is 5.78. The van der Waals surface area contributed by atoms with Gasteiger partial charge in [-0.1, -0.05) is 31.5 Å². The van der Waals surface area contributed by atoms with Gasteiger partial charge in [0.05, 0.1) is 4.90 Å². The third-order valence-electron chi connectivity index (χ3n) is 2.78. The number of rotatable bonds is 6. The van der Waals surface area contributed by atoms with Gasteiger partial charge in [0, 0.05) is 5.02 Å². The van der Waals surface area contributed by atoms with Gasteiger partial charge in [-0.3, -0.25) is 4.79 Å². The molecule has 1 aromatic carbocycles. The van der Waals surface area contributed by atoms with Crippen LogP contribution in [0.4, 0.5) is 0 Å². The Kier molecular flexibility index (Phi) is 6.35. The van der Waals surface area contributed by atoms with E-state index in [-0.39, 0.29) is 15.8 Å². The Morgan fingerprint density at radius 1 is 1.36 bits per heavy atom. The summed E-state index contributed by atoms with van der Waals surface area (Å²) in [5, 5.41) is 8.93. The van der Waals surface area contributed by atoms with E-state index in [1.165, 1.54) is 25.1 Å². The summed E-state index contributed by atoms with van der Waals surface area (Å²) in [4.78, 5) is 12.0. The first kappa shape index (κ1) is 18.4. The van der Waals surface area contributed by atoms with Crippen molar-refractivity contribution in [1.82, 2.24) is 4.72 Å². The second-order valence-electron chi connectivity index (χ2n) is 5.01. The third kappa shape index (κ3) is 4.98. The molecule has 0 bridgehead atoms. The van der Waals surface area contributed by atoms with Gasteiger partial charge in [0.1, 0.15) is 12.1 Å². The van der Waals surface area contributed by atoms with Crippen molar-refractivity contribution in [2.24, 2.45) is 5.92 Å². The molecule has 0 saturated heterocycles. The summed E-state index contributed by atoms with van der Waals surface area (Å²) < 4.78 is 31.8. The topological polar surface area (TPSA) is 96.3 Å². The SMILES string of the molecule is CC(C)[C@H](NS(=O)(=O)c1cccc(Cl)c1)C(=O)O[C@H](C)C#N. The Bertz CT molecular complexity index is 682. The maximum Gasteiger partial charge on any atom is 0.325 e. The highest BCUT2D eigenvalue weighted by Crippen LogP contribution is 2.17. The van der Waals surface area contributed by atoms with Crippen molar-refractivity contribution >= 4 is 27.6 Å². The van der Waals surface area contributed by atoms with Crippen LogP contribution in [0, 0.1) is 17.2 Å². The number of halogens is 1. The van der Waals surface area contributed by atoms with Crippen LogP contribution in [-0.2, 0) is 19.6 Å². The lowest BCUT2D eigenvalue weighted by molar-refractivity contribution is -0.149. The van der Waals surface area contributed by atoms with Crippen LogP contribution in [0.2, 0.25) is 5.02 Å². The molecule has 2 atom stereocenters. The molecule has 1 rings (SSSR count). The van der Waals surface area contributed by atoms with Gasteiger partial charge in [-0.2, -0.15) is 9.98 Å². The van der Waals surface area contributed by atoms with Gasteiger partial charge in [0.2, 0.25) is 10.0 Å². The van der Waals surface area contributed by atoms with Crippen LogP contribution in [-0.4, -0.2) is 26.5 Å². The lowest BCUT2D eigenvalue weighted by Gasteiger charge is -2.21. The lowest BCUT2D eigenvalue weighted by atomic mass is 10.1. The summed E-state index contributed by atoms with van der Waals surface area (Å²) in [5.41, 5.74) is 0. The highest BCUT2D eigenvalue weighted by atomic mass is 35.5. The van der Waals surface area contributed by atoms with Gasteiger partial charge in [0.25, 0.3) is 0 Å². The molecular formula is C14H17ClN2O4S. The number of nitriles is 1. The molecule has 0 amide bonds. The highest BCUT2D eigenvalue weighted by molar-refractivity contribution is 7.89. The summed E-state index contributed by atoms with van der Waals surface area (Å²) in [5.74, 6) is -1.15. The average molecular weight is 345 g/mol. The van der Waals surface area contributed by atoms with E-state index in [2.05, 4.69) is 4.72 Å². The first-order chi connectivity index (χ1) is 10.2. The number of benzene rings is 1. The van der Waals surface area contributed by atoms with E-state index < -0.39 is 28.1 Å². The minimum absolute atomic E-state index is 0.0493. The quantitative estimate of drug-likeness (QED) is 0.797. The zero-order valence-corrected chi connectivity index (χ0v) is 14.0. The Balaban J connectivity index is 3.00. The molecule has 0 aromatic heterocycles. The molecule has 0 radical (unpaired) electrons. The van der Waals surface area contributed by atoms with E-state index in [1.807, 2.05) is 0 Å². The van der Waals surface area contributed by atoms with Crippen LogP contribution in [0.25, 0.3) is 0 Å². The standard InChI is InChI=1S/C14H17ClN2O4S/c1-9(2)13(14(18)21-10(3)8-16)17-22(19,20)12-6-4-5-11(15)7-12/h4-7,9-10,13,17H,1-3H3/t10-,13+/m1/s1. The number of carbonyl (C=O) groups excluding carboxylic acids is 1. The molecule has 1 N–H and O–H groups in total. The van der Waals surface area contributed by atoms with Crippen LogP contribution in [0.5, 0.6) is 0 Å². The fraction of sp³-hybridized carbons (Fsp3) is 0.429. The fourth-order valence-corrected chi connectivity index (χ4v) is 3.23. The van der Waals surface area contributed by atoms with Gasteiger partial charge in [-0.05, 0) is 31.0 Å². The largest absolute Gasteiger partial charge is 0.446 e. The molecule has 0 aliphatic rings. The second kappa shape index (κ2) is 7.58. The molecule has 8 heteroatoms. The van der Waals surface area contributed by atoms with E-state index in [4.69, 9.17) is 21.6 Å². The minimum atomic E-state index is -3.93. The first-order valence-electron chi connectivity index (χ1n) is 6.55. The highest BCUT2D eigenvalue weighted by Gasteiger charge is 2.30. The molecule has 0 unspecified atom stereocenters. The Morgan fingerprint density at radius 3 is 2.50 bits per heavy atom. The van der Waals surface area contributed by atoms with Crippen molar-refractivity contribution in [3.8, 4) is 6.07 Å². The van der Waals surface area contributed by atoms with E-state index in [1.54, 1.807) is 26.0 Å². The molecule has 120 valence electrons. The van der Waals surface area contributed by atoms with Crippen LogP contribution in [0.1, 0.15) is 20.8 Å². The first-order valence-corrected chi connectivity index (χ1v) is 8.41. The summed E-state index contributed by atoms with van der Waals surface area (Å²) in [7, 11) is -3.93. The van der Waals surface area contributed by atoms with Gasteiger partial charge < -0.3 is 4.74 Å². The van der Waals surface area contributed by atoms with Gasteiger partial charge in [0.15, 0.2) is 6.10 Å². The van der Waals surface area contributed by atoms with Crippen LogP contribution < -0.4 is 4.72 Å². The molecule has 0 aliphatic heterocycles. The summed E-state index contributed by atoms with van der Waals surface area (Å²) in [6, 6.07) is 6.35. The number of nitrogens with one attached hydrogen (secondary N) is 1. The van der Waals surface area contributed by atoms with Crippen molar-refractivity contribution < 1.29 is 17.9 Å². The van der Waals surface area contributed by atoms with Crippen molar-refractivity contribution in [2.75, 3.05) is 0 Å². The number of sulfonamides is 1. The van der Waals surface area contributed by atoms with Gasteiger partial charge in [-0.15, -0.1) is 0 Å². The molecular weight excluding hydrogens is 328 g/mol. The summed E-state index contributed by atoms with van der Waals surface area (Å²) in [6.07, 6.45) is -0.954. The number of esters is 1. The monoisotopic (exact) mass is 344 g/mol. The summed E-state index contributed by atoms with van der Waals surface area (Å²) in [6.45, 7) is 4.74. The average Bonchev–Trinajstić information content (AvgIpc) is 2.44. The number of carbonyl (C=O) groups is 1. The zero-order valence-electron chi connectivity index (χ0n) is 12.4. The van der Waals surface area contributed by atoms with Crippen molar-refractivity contribution in [3.63, 3.8) is 0 Å². The number of hydrogen-bond acceptors (Lipinski definition) is 5. The molecule has 22 heavy (non-hydrogen) atoms. The predicted molar refractivity (Wildman–Crippen MR) is 81.6 cm³/mol. The van der Waals surface area contributed by atoms with Crippen LogP contribution >= 0.6 is 11.6 Å². The second-order valence-corrected chi connectivity index (χ2v) is 7.16. The van der Waals surface area contributed by atoms with E-state index >= 15 is 0 Å². The maximum absolute atomic E-state index is 12.3. The number of ether oxygens (including phenoxy) is 1. The molecule has 0 spiro atoms. The van der Waals surface area contributed by atoms with Gasteiger partial charge >= 0.3 is 5.97 Å². The fourth-order valence-electron chi connectivity index (χ4n) is 1.60. The Hall–Kier alpha value is -1.62. The maximum atomic E-state index is 12.3. The van der Waals surface area contributed by atoms with Crippen LogP contribution in [0.3, 0.4) is 0 Å².